The van der Waals surface area contributed by atoms with Crippen molar-refractivity contribution in [3.8, 4) is 5.75 Å². The van der Waals surface area contributed by atoms with Gasteiger partial charge in [-0.15, -0.1) is 0 Å². The van der Waals surface area contributed by atoms with Crippen LogP contribution in [0.5, 0.6) is 5.75 Å². The summed E-state index contributed by atoms with van der Waals surface area (Å²) in [6, 6.07) is 15.0. The lowest BCUT2D eigenvalue weighted by Gasteiger charge is -2.06. The zero-order valence-corrected chi connectivity index (χ0v) is 15.0. The number of ether oxygens (including phenoxy) is 1. The van der Waals surface area contributed by atoms with Crippen LogP contribution in [0.4, 0.5) is 5.69 Å². The summed E-state index contributed by atoms with van der Waals surface area (Å²) in [4.78, 5) is 22.6. The molecule has 0 saturated carbocycles. The number of carboxylic acid groups (broad SMARTS) is 1. The molecule has 5 heteroatoms. The molecule has 0 fully saturated rings. The van der Waals surface area contributed by atoms with Gasteiger partial charge in [-0.25, -0.2) is 0 Å². The number of carbonyl (C=O) groups excluding carboxylic acids is 1. The molecule has 0 saturated heterocycles. The molecule has 1 amide bonds. The minimum Gasteiger partial charge on any atom is -0.497 e. The van der Waals surface area contributed by atoms with Crippen LogP contribution in [0.25, 0.3) is 0 Å². The first-order chi connectivity index (χ1) is 12.6. The Bertz CT molecular complexity index is 708. The Hall–Kier alpha value is -2.82. The molecule has 0 heterocycles. The lowest BCUT2D eigenvalue weighted by molar-refractivity contribution is -0.136. The number of anilines is 1. The Morgan fingerprint density at radius 1 is 0.923 bits per heavy atom. The molecule has 0 radical (unpaired) electrons. The summed E-state index contributed by atoms with van der Waals surface area (Å²) in [6.07, 6.45) is 4.36. The van der Waals surface area contributed by atoms with Gasteiger partial charge in [0.1, 0.15) is 5.75 Å². The molecule has 0 atom stereocenters. The van der Waals surface area contributed by atoms with E-state index in [0.29, 0.717) is 17.7 Å². The molecule has 0 aliphatic carbocycles. The first-order valence-corrected chi connectivity index (χ1v) is 8.80. The third kappa shape index (κ3) is 6.97. The number of carboxylic acids is 1. The summed E-state index contributed by atoms with van der Waals surface area (Å²) >= 11 is 0. The van der Waals surface area contributed by atoms with Crippen molar-refractivity contribution in [2.75, 3.05) is 12.4 Å². The van der Waals surface area contributed by atoms with Crippen LogP contribution in [-0.4, -0.2) is 24.1 Å². The van der Waals surface area contributed by atoms with Gasteiger partial charge in [-0.3, -0.25) is 9.59 Å². The van der Waals surface area contributed by atoms with Crippen molar-refractivity contribution in [2.45, 2.75) is 38.5 Å². The van der Waals surface area contributed by atoms with Crippen LogP contribution in [0.15, 0.2) is 48.5 Å². The van der Waals surface area contributed by atoms with E-state index in [1.165, 1.54) is 5.56 Å². The van der Waals surface area contributed by atoms with Crippen LogP contribution in [0.2, 0.25) is 0 Å². The molecule has 26 heavy (non-hydrogen) atoms. The van der Waals surface area contributed by atoms with E-state index in [9.17, 15) is 9.59 Å². The quantitative estimate of drug-likeness (QED) is 0.630. The number of benzene rings is 2. The molecule has 0 bridgehead atoms. The molecule has 2 rings (SSSR count). The van der Waals surface area contributed by atoms with Crippen LogP contribution < -0.4 is 10.1 Å². The van der Waals surface area contributed by atoms with Gasteiger partial charge in [0.25, 0.3) is 0 Å². The van der Waals surface area contributed by atoms with Gasteiger partial charge >= 0.3 is 5.97 Å². The van der Waals surface area contributed by atoms with Gasteiger partial charge in [-0.1, -0.05) is 30.7 Å². The van der Waals surface area contributed by atoms with Crippen LogP contribution in [0, 0.1) is 0 Å². The molecule has 0 unspecified atom stereocenters. The summed E-state index contributed by atoms with van der Waals surface area (Å²) in [5, 5.41) is 11.6. The average molecular weight is 355 g/mol. The molecular formula is C21H25NO4. The fourth-order valence-corrected chi connectivity index (χ4v) is 2.69. The Labute approximate surface area is 154 Å². The van der Waals surface area contributed by atoms with Gasteiger partial charge in [0.2, 0.25) is 5.91 Å². The second-order valence-corrected chi connectivity index (χ2v) is 6.22. The Kier molecular flexibility index (Phi) is 7.68. The van der Waals surface area contributed by atoms with Gasteiger partial charge in [0, 0.05) is 12.1 Å². The zero-order chi connectivity index (χ0) is 18.8. The Balaban J connectivity index is 1.63. The average Bonchev–Trinajstić information content (AvgIpc) is 2.63. The van der Waals surface area contributed by atoms with Gasteiger partial charge in [0.15, 0.2) is 0 Å². The minimum absolute atomic E-state index is 0.0115. The molecule has 2 aromatic rings. The van der Waals surface area contributed by atoms with Crippen molar-refractivity contribution in [3.05, 3.63) is 59.7 Å². The normalized spacial score (nSPS) is 10.3. The SMILES string of the molecule is COc1ccc(CCCCCC(=O)Nc2ccc(CC(=O)O)cc2)cc1. The lowest BCUT2D eigenvalue weighted by Crippen LogP contribution is -2.11. The Morgan fingerprint density at radius 2 is 1.58 bits per heavy atom. The number of rotatable bonds is 10. The molecule has 0 spiro atoms. The maximum Gasteiger partial charge on any atom is 0.307 e. The van der Waals surface area contributed by atoms with Gasteiger partial charge in [-0.05, 0) is 54.7 Å². The Morgan fingerprint density at radius 3 is 2.19 bits per heavy atom. The first kappa shape index (κ1) is 19.5. The highest BCUT2D eigenvalue weighted by atomic mass is 16.5. The van der Waals surface area contributed by atoms with E-state index in [4.69, 9.17) is 9.84 Å². The topological polar surface area (TPSA) is 75.6 Å². The van der Waals surface area contributed by atoms with Crippen molar-refractivity contribution in [1.29, 1.82) is 0 Å². The van der Waals surface area contributed by atoms with E-state index in [2.05, 4.69) is 17.4 Å². The molecule has 138 valence electrons. The van der Waals surface area contributed by atoms with E-state index in [1.807, 2.05) is 12.1 Å². The number of nitrogens with one attached hydrogen (secondary N) is 1. The highest BCUT2D eigenvalue weighted by Gasteiger charge is 2.04. The van der Waals surface area contributed by atoms with Crippen molar-refractivity contribution >= 4 is 17.6 Å². The van der Waals surface area contributed by atoms with Crippen molar-refractivity contribution in [3.63, 3.8) is 0 Å². The molecule has 0 aromatic heterocycles. The summed E-state index contributed by atoms with van der Waals surface area (Å²) in [5.41, 5.74) is 2.69. The summed E-state index contributed by atoms with van der Waals surface area (Å²) in [5.74, 6) is -0.0155. The summed E-state index contributed by atoms with van der Waals surface area (Å²) < 4.78 is 5.14. The predicted molar refractivity (Wildman–Crippen MR) is 102 cm³/mol. The molecule has 2 N–H and O–H groups in total. The number of amides is 1. The van der Waals surface area contributed by atoms with E-state index >= 15 is 0 Å². The fourth-order valence-electron chi connectivity index (χ4n) is 2.69. The highest BCUT2D eigenvalue weighted by Crippen LogP contribution is 2.15. The second-order valence-electron chi connectivity index (χ2n) is 6.22. The smallest absolute Gasteiger partial charge is 0.307 e. The largest absolute Gasteiger partial charge is 0.497 e. The van der Waals surface area contributed by atoms with Crippen LogP contribution in [0.3, 0.4) is 0 Å². The third-order valence-electron chi connectivity index (χ3n) is 4.12. The van der Waals surface area contributed by atoms with Gasteiger partial charge < -0.3 is 15.2 Å². The number of carbonyl (C=O) groups is 2. The number of hydrogen-bond acceptors (Lipinski definition) is 3. The fraction of sp³-hybridized carbons (Fsp3) is 0.333. The van der Waals surface area contributed by atoms with E-state index in [-0.39, 0.29) is 12.3 Å². The zero-order valence-electron chi connectivity index (χ0n) is 15.0. The molecular weight excluding hydrogens is 330 g/mol. The van der Waals surface area contributed by atoms with Gasteiger partial charge in [0.05, 0.1) is 13.5 Å². The standard InChI is InChI=1S/C21H25NO4/c1-26-19-13-9-16(10-14-19)5-3-2-4-6-20(23)22-18-11-7-17(8-12-18)15-21(24)25/h7-14H,2-6,15H2,1H3,(H,22,23)(H,24,25). The summed E-state index contributed by atoms with van der Waals surface area (Å²) in [7, 11) is 1.66. The van der Waals surface area contributed by atoms with Crippen LogP contribution >= 0.6 is 0 Å². The monoisotopic (exact) mass is 355 g/mol. The van der Waals surface area contributed by atoms with Crippen LogP contribution in [0.1, 0.15) is 36.8 Å². The maximum absolute atomic E-state index is 12.0. The molecule has 2 aromatic carbocycles. The minimum atomic E-state index is -0.864. The maximum atomic E-state index is 12.0. The predicted octanol–water partition coefficient (Wildman–Crippen LogP) is 4.06. The number of aryl methyl sites for hydroxylation is 1. The summed E-state index contributed by atoms with van der Waals surface area (Å²) in [6.45, 7) is 0. The van der Waals surface area contributed by atoms with E-state index in [1.54, 1.807) is 31.4 Å². The molecule has 0 aliphatic rings. The molecule has 0 aliphatic heterocycles. The van der Waals surface area contributed by atoms with Gasteiger partial charge in [-0.2, -0.15) is 0 Å². The second kappa shape index (κ2) is 10.2. The van der Waals surface area contributed by atoms with E-state index < -0.39 is 5.97 Å². The van der Waals surface area contributed by atoms with Crippen molar-refractivity contribution in [2.24, 2.45) is 0 Å². The van der Waals surface area contributed by atoms with Crippen molar-refractivity contribution < 1.29 is 19.4 Å². The number of hydrogen-bond donors (Lipinski definition) is 2. The van der Waals surface area contributed by atoms with Crippen LogP contribution in [-0.2, 0) is 22.4 Å². The first-order valence-electron chi connectivity index (χ1n) is 8.80. The van der Waals surface area contributed by atoms with Crippen molar-refractivity contribution in [1.82, 2.24) is 0 Å². The highest BCUT2D eigenvalue weighted by molar-refractivity contribution is 5.90. The third-order valence-corrected chi connectivity index (χ3v) is 4.12. The van der Waals surface area contributed by atoms with E-state index in [0.717, 1.165) is 31.4 Å². The number of aliphatic carboxylic acids is 1. The number of unbranched alkanes of at least 4 members (excludes halogenated alkanes) is 2. The number of methoxy groups -OCH3 is 1. The molecule has 5 nitrogen and oxygen atoms in total. The lowest BCUT2D eigenvalue weighted by atomic mass is 10.1.